The third-order valence-corrected chi connectivity index (χ3v) is 1.93. The molecule has 0 amide bonds. The van der Waals surface area contributed by atoms with Gasteiger partial charge in [-0.05, 0) is 12.1 Å². The van der Waals surface area contributed by atoms with Crippen molar-refractivity contribution in [2.24, 2.45) is 0 Å². The van der Waals surface area contributed by atoms with Gasteiger partial charge in [-0.15, -0.1) is 0 Å². The van der Waals surface area contributed by atoms with Gasteiger partial charge in [0.2, 0.25) is 0 Å². The van der Waals surface area contributed by atoms with Crippen LogP contribution in [0.1, 0.15) is 21.5 Å². The van der Waals surface area contributed by atoms with Crippen LogP contribution in [0.3, 0.4) is 0 Å². The smallest absolute Gasteiger partial charge is 0.416 e. The fraction of sp³-hybridized carbons (Fsp3) is 0.200. The molecule has 0 aromatic heterocycles. The van der Waals surface area contributed by atoms with Gasteiger partial charge in [-0.1, -0.05) is 0 Å². The first-order chi connectivity index (χ1) is 7.81. The topological polar surface area (TPSA) is 50.1 Å². The molecular formula is C10H5F4NO2. The van der Waals surface area contributed by atoms with E-state index in [4.69, 9.17) is 5.26 Å². The Morgan fingerprint density at radius 2 is 2.00 bits per heavy atom. The Labute approximate surface area is 93.2 Å². The second-order valence-electron chi connectivity index (χ2n) is 2.99. The Balaban J connectivity index is 3.51. The zero-order valence-corrected chi connectivity index (χ0v) is 8.43. The average molecular weight is 247 g/mol. The molecule has 1 aromatic rings. The van der Waals surface area contributed by atoms with Crippen LogP contribution in [0.15, 0.2) is 12.1 Å². The number of halogens is 4. The van der Waals surface area contributed by atoms with Crippen molar-refractivity contribution in [1.29, 1.82) is 5.26 Å². The Kier molecular flexibility index (Phi) is 3.36. The summed E-state index contributed by atoms with van der Waals surface area (Å²) in [5, 5.41) is 8.48. The number of nitriles is 1. The third-order valence-electron chi connectivity index (χ3n) is 1.93. The molecule has 0 heterocycles. The number of carbonyl (C=O) groups excluding carboxylic acids is 1. The molecule has 0 atom stereocenters. The lowest BCUT2D eigenvalue weighted by atomic mass is 10.0. The van der Waals surface area contributed by atoms with Crippen LogP contribution in [0.2, 0.25) is 0 Å². The molecule has 7 heteroatoms. The van der Waals surface area contributed by atoms with E-state index >= 15 is 0 Å². The molecule has 0 spiro atoms. The van der Waals surface area contributed by atoms with Crippen molar-refractivity contribution >= 4 is 5.97 Å². The fourth-order valence-corrected chi connectivity index (χ4v) is 1.13. The number of benzene rings is 1. The summed E-state index contributed by atoms with van der Waals surface area (Å²) >= 11 is 0. The Bertz CT molecular complexity index is 502. The quantitative estimate of drug-likeness (QED) is 0.566. The summed E-state index contributed by atoms with van der Waals surface area (Å²) in [6.45, 7) is 0. The van der Waals surface area contributed by atoms with Gasteiger partial charge in [-0.3, -0.25) is 0 Å². The highest BCUT2D eigenvalue weighted by Gasteiger charge is 2.33. The second-order valence-corrected chi connectivity index (χ2v) is 2.99. The van der Waals surface area contributed by atoms with Gasteiger partial charge in [0.05, 0.1) is 23.8 Å². The number of alkyl halides is 3. The van der Waals surface area contributed by atoms with Crippen LogP contribution >= 0.6 is 0 Å². The minimum atomic E-state index is -4.78. The largest absolute Gasteiger partial charge is 0.465 e. The van der Waals surface area contributed by atoms with Gasteiger partial charge in [0.15, 0.2) is 5.82 Å². The lowest BCUT2D eigenvalue weighted by molar-refractivity contribution is -0.137. The van der Waals surface area contributed by atoms with Crippen molar-refractivity contribution in [3.05, 3.63) is 34.6 Å². The van der Waals surface area contributed by atoms with E-state index in [1.807, 2.05) is 0 Å². The first-order valence-corrected chi connectivity index (χ1v) is 4.20. The first kappa shape index (κ1) is 13.0. The molecule has 0 unspecified atom stereocenters. The summed E-state index contributed by atoms with van der Waals surface area (Å²) in [6.07, 6.45) is -4.78. The predicted octanol–water partition coefficient (Wildman–Crippen LogP) is 2.50. The maximum Gasteiger partial charge on any atom is 0.416 e. The molecule has 0 N–H and O–H groups in total. The van der Waals surface area contributed by atoms with E-state index in [1.54, 1.807) is 0 Å². The molecule has 0 aliphatic rings. The van der Waals surface area contributed by atoms with Crippen LogP contribution in [0, 0.1) is 17.1 Å². The predicted molar refractivity (Wildman–Crippen MR) is 47.5 cm³/mol. The third kappa shape index (κ3) is 2.53. The minimum Gasteiger partial charge on any atom is -0.465 e. The molecule has 0 saturated carbocycles. The van der Waals surface area contributed by atoms with Crippen LogP contribution < -0.4 is 0 Å². The van der Waals surface area contributed by atoms with E-state index in [0.29, 0.717) is 12.1 Å². The van der Waals surface area contributed by atoms with Gasteiger partial charge in [0, 0.05) is 0 Å². The summed E-state index contributed by atoms with van der Waals surface area (Å²) in [5.41, 5.74) is -3.06. The number of nitrogens with zero attached hydrogens (tertiary/aromatic N) is 1. The van der Waals surface area contributed by atoms with Gasteiger partial charge in [-0.2, -0.15) is 18.4 Å². The molecule has 1 aromatic carbocycles. The van der Waals surface area contributed by atoms with E-state index < -0.39 is 34.7 Å². The van der Waals surface area contributed by atoms with Gasteiger partial charge in [0.25, 0.3) is 0 Å². The summed E-state index contributed by atoms with van der Waals surface area (Å²) < 4.78 is 54.7. The second kappa shape index (κ2) is 4.41. The summed E-state index contributed by atoms with van der Waals surface area (Å²) in [5.74, 6) is -2.60. The average Bonchev–Trinajstić information content (AvgIpc) is 2.26. The number of esters is 1. The fourth-order valence-electron chi connectivity index (χ4n) is 1.13. The van der Waals surface area contributed by atoms with Crippen LogP contribution in [-0.4, -0.2) is 13.1 Å². The van der Waals surface area contributed by atoms with Crippen molar-refractivity contribution in [2.75, 3.05) is 7.11 Å². The van der Waals surface area contributed by atoms with Crippen LogP contribution in [0.4, 0.5) is 17.6 Å². The summed E-state index contributed by atoms with van der Waals surface area (Å²) in [4.78, 5) is 11.0. The summed E-state index contributed by atoms with van der Waals surface area (Å²) in [6, 6.07) is 1.89. The van der Waals surface area contributed by atoms with Crippen molar-refractivity contribution in [1.82, 2.24) is 0 Å². The highest BCUT2D eigenvalue weighted by Crippen LogP contribution is 2.31. The van der Waals surface area contributed by atoms with Gasteiger partial charge >= 0.3 is 12.1 Å². The first-order valence-electron chi connectivity index (χ1n) is 4.20. The van der Waals surface area contributed by atoms with Crippen molar-refractivity contribution in [2.45, 2.75) is 6.18 Å². The molecule has 0 fully saturated rings. The highest BCUT2D eigenvalue weighted by molar-refractivity contribution is 5.90. The molecule has 3 nitrogen and oxygen atoms in total. The van der Waals surface area contributed by atoms with Crippen molar-refractivity contribution < 1.29 is 27.1 Å². The molecular weight excluding hydrogens is 242 g/mol. The zero-order valence-electron chi connectivity index (χ0n) is 8.43. The molecule has 0 aliphatic heterocycles. The van der Waals surface area contributed by atoms with Crippen molar-refractivity contribution in [3.63, 3.8) is 0 Å². The Morgan fingerprint density at radius 1 is 1.41 bits per heavy atom. The van der Waals surface area contributed by atoms with E-state index in [2.05, 4.69) is 4.74 Å². The number of ether oxygens (including phenoxy) is 1. The Hall–Kier alpha value is -2.10. The minimum absolute atomic E-state index is 0.308. The Morgan fingerprint density at radius 3 is 2.41 bits per heavy atom. The zero-order chi connectivity index (χ0) is 13.2. The van der Waals surface area contributed by atoms with E-state index in [9.17, 15) is 22.4 Å². The van der Waals surface area contributed by atoms with Crippen LogP contribution in [0.25, 0.3) is 0 Å². The van der Waals surface area contributed by atoms with Crippen LogP contribution in [0.5, 0.6) is 0 Å². The molecule has 0 aliphatic carbocycles. The molecule has 17 heavy (non-hydrogen) atoms. The maximum absolute atomic E-state index is 13.4. The van der Waals surface area contributed by atoms with E-state index in [0.717, 1.165) is 7.11 Å². The number of carbonyl (C=O) groups is 1. The number of hydrogen-bond acceptors (Lipinski definition) is 3. The van der Waals surface area contributed by atoms with E-state index in [1.165, 1.54) is 6.07 Å². The van der Waals surface area contributed by atoms with Gasteiger partial charge in [-0.25, -0.2) is 9.18 Å². The molecule has 0 bridgehead atoms. The number of rotatable bonds is 1. The van der Waals surface area contributed by atoms with Crippen LogP contribution in [-0.2, 0) is 10.9 Å². The molecule has 1 rings (SSSR count). The normalized spacial score (nSPS) is 10.8. The molecule has 90 valence electrons. The molecule has 0 saturated heterocycles. The summed E-state index contributed by atoms with van der Waals surface area (Å²) in [7, 11) is 0.897. The highest BCUT2D eigenvalue weighted by atomic mass is 19.4. The number of hydrogen-bond donors (Lipinski definition) is 0. The molecule has 0 radical (unpaired) electrons. The maximum atomic E-state index is 13.4. The number of methoxy groups -OCH3 is 1. The van der Waals surface area contributed by atoms with Gasteiger partial charge in [0.1, 0.15) is 6.07 Å². The lowest BCUT2D eigenvalue weighted by Crippen LogP contribution is -2.12. The SMILES string of the molecule is COC(=O)c1cc(C(F)(F)F)cc(C#N)c1F. The standard InChI is InChI=1S/C10H5F4NO2/c1-17-9(16)7-3-6(10(12,13)14)2-5(4-15)8(7)11/h2-3H,1H3. The lowest BCUT2D eigenvalue weighted by Gasteiger charge is -2.09. The van der Waals surface area contributed by atoms with Gasteiger partial charge < -0.3 is 4.74 Å². The monoisotopic (exact) mass is 247 g/mol. The van der Waals surface area contributed by atoms with Crippen molar-refractivity contribution in [3.8, 4) is 6.07 Å². The van der Waals surface area contributed by atoms with E-state index in [-0.39, 0.29) is 0 Å².